The topological polar surface area (TPSA) is 129 Å². The van der Waals surface area contributed by atoms with Gasteiger partial charge in [-0.05, 0) is 76.4 Å². The van der Waals surface area contributed by atoms with Crippen LogP contribution < -0.4 is 15.5 Å². The van der Waals surface area contributed by atoms with Gasteiger partial charge in [-0.3, -0.25) is 14.9 Å². The number of likely N-dealkylation sites (tertiary alicyclic amines) is 1. The molecule has 9 nitrogen and oxygen atoms in total. The number of para-hydroxylation sites is 1. The van der Waals surface area contributed by atoms with E-state index in [0.29, 0.717) is 35.5 Å². The Morgan fingerprint density at radius 1 is 0.878 bits per heavy atom. The third-order valence-corrected chi connectivity index (χ3v) is 9.01. The first kappa shape index (κ1) is 37.8. The van der Waals surface area contributed by atoms with Crippen molar-refractivity contribution in [3.63, 3.8) is 0 Å². The van der Waals surface area contributed by atoms with Crippen LogP contribution in [0.15, 0.2) is 94.9 Å². The summed E-state index contributed by atoms with van der Waals surface area (Å²) in [5, 5.41) is 29.6. The van der Waals surface area contributed by atoms with Gasteiger partial charge in [0.2, 0.25) is 0 Å². The smallest absolute Gasteiger partial charge is 0.861 e. The number of nitrogens with one attached hydrogen (secondary N) is 1. The number of carboxylic acids is 1. The van der Waals surface area contributed by atoms with Gasteiger partial charge >= 0.3 is 22.6 Å². The van der Waals surface area contributed by atoms with E-state index >= 15 is 0 Å². The minimum absolute atomic E-state index is 0. The number of benzene rings is 3. The summed E-state index contributed by atoms with van der Waals surface area (Å²) >= 11 is 0. The molecule has 1 saturated heterocycles. The summed E-state index contributed by atoms with van der Waals surface area (Å²) in [4.78, 5) is 37.7. The van der Waals surface area contributed by atoms with E-state index in [1.807, 2.05) is 54.6 Å². The van der Waals surface area contributed by atoms with Crippen molar-refractivity contribution in [3.8, 4) is 0 Å². The fourth-order valence-electron chi connectivity index (χ4n) is 6.78. The van der Waals surface area contributed by atoms with Gasteiger partial charge in [-0.1, -0.05) is 98.1 Å². The number of carbonyl (C=O) groups excluding carboxylic acids is 2. The molecular weight excluding hydrogens is 663 g/mol. The van der Waals surface area contributed by atoms with Crippen molar-refractivity contribution in [2.24, 2.45) is 15.9 Å². The summed E-state index contributed by atoms with van der Waals surface area (Å²) in [6.07, 6.45) is 5.33. The van der Waals surface area contributed by atoms with Gasteiger partial charge < -0.3 is 25.1 Å². The van der Waals surface area contributed by atoms with Crippen LogP contribution in [0, 0.1) is 5.92 Å². The molecule has 262 valence electrons. The summed E-state index contributed by atoms with van der Waals surface area (Å²) in [7, 11) is 0. The van der Waals surface area contributed by atoms with Crippen LogP contribution in [0.1, 0.15) is 82.4 Å². The predicted octanol–water partition coefficient (Wildman–Crippen LogP) is 5.17. The zero-order valence-corrected chi connectivity index (χ0v) is 29.4. The predicted molar refractivity (Wildman–Crippen MR) is 184 cm³/mol. The van der Waals surface area contributed by atoms with E-state index in [1.54, 1.807) is 39.0 Å². The van der Waals surface area contributed by atoms with E-state index in [1.165, 1.54) is 0 Å². The van der Waals surface area contributed by atoms with Crippen LogP contribution in [0.25, 0.3) is 0 Å². The molecule has 0 unspecified atom stereocenters. The van der Waals surface area contributed by atoms with E-state index in [-0.39, 0.29) is 34.3 Å². The molecule has 3 aromatic rings. The average Bonchev–Trinajstić information content (AvgIpc) is 3.53. The summed E-state index contributed by atoms with van der Waals surface area (Å²) in [5.41, 5.74) is 2.32. The number of amides is 1. The summed E-state index contributed by atoms with van der Waals surface area (Å²) in [5.74, 6) is -1.77. The molecule has 5 rings (SSSR count). The maximum Gasteiger partial charge on any atom is 2.00 e. The zero-order chi connectivity index (χ0) is 34.1. The Balaban J connectivity index is 0.00000541. The number of carbonyl (C=O) groups is 2. The minimum atomic E-state index is -1.42. The fraction of sp³-hybridized carbons (Fsp3) is 0.436. The van der Waals surface area contributed by atoms with Crippen molar-refractivity contribution < 1.29 is 41.0 Å². The summed E-state index contributed by atoms with van der Waals surface area (Å²) in [6, 6.07) is 23.9. The van der Waals surface area contributed by atoms with Crippen LogP contribution in [0.5, 0.6) is 0 Å². The van der Waals surface area contributed by atoms with Gasteiger partial charge in [-0.2, -0.15) is 0 Å². The third kappa shape index (κ3) is 10.5. The number of aliphatic imine (C=N–C) groups is 2. The minimum Gasteiger partial charge on any atom is -0.861 e. The number of carboxylic acid groups (broad SMARTS) is 1. The molecule has 0 spiro atoms. The SMILES string of the molecule is CC(C)(C)OC(=O)N[C@@H](C1CCCCC1)[C@@H](N=C(c1ccccc1)c1ccccc1N=C([O-])[C@H]1CCCN1Cc1ccccc1)C(=O)[O-].[Ni+2]. The van der Waals surface area contributed by atoms with Crippen molar-refractivity contribution in [2.45, 2.75) is 96.0 Å². The van der Waals surface area contributed by atoms with Crippen LogP contribution in [-0.2, 0) is 32.6 Å². The Hall–Kier alpha value is -4.01. The number of ether oxygens (including phenoxy) is 1. The number of alkyl carbamates (subject to hydrolysis) is 1. The average molecular weight is 710 g/mol. The van der Waals surface area contributed by atoms with Crippen LogP contribution >= 0.6 is 0 Å². The first-order valence-electron chi connectivity index (χ1n) is 17.1. The normalized spacial score (nSPS) is 19.0. The number of aliphatic carboxylic acids is 1. The molecule has 10 heteroatoms. The summed E-state index contributed by atoms with van der Waals surface area (Å²) < 4.78 is 5.55. The van der Waals surface area contributed by atoms with E-state index in [2.05, 4.69) is 27.3 Å². The Morgan fingerprint density at radius 2 is 1.51 bits per heavy atom. The van der Waals surface area contributed by atoms with Crippen molar-refractivity contribution in [2.75, 3.05) is 6.54 Å². The molecule has 0 aromatic heterocycles. The van der Waals surface area contributed by atoms with Crippen LogP contribution in [0.4, 0.5) is 10.5 Å². The van der Waals surface area contributed by atoms with E-state index < -0.39 is 29.7 Å². The molecule has 0 bridgehead atoms. The molecule has 1 amide bonds. The van der Waals surface area contributed by atoms with Gasteiger partial charge in [0.1, 0.15) is 11.6 Å². The number of hydrogen-bond donors (Lipinski definition) is 1. The van der Waals surface area contributed by atoms with Gasteiger partial charge in [0, 0.05) is 23.7 Å². The maximum atomic E-state index is 13.8. The fourth-order valence-corrected chi connectivity index (χ4v) is 6.78. The Bertz CT molecular complexity index is 1590. The molecule has 0 radical (unpaired) electrons. The second-order valence-electron chi connectivity index (χ2n) is 13.8. The Kier molecular flexibility index (Phi) is 13.6. The number of rotatable bonds is 11. The molecule has 1 aliphatic heterocycles. The molecule has 2 fully saturated rings. The third-order valence-electron chi connectivity index (χ3n) is 9.01. The van der Waals surface area contributed by atoms with E-state index in [4.69, 9.17) is 9.73 Å². The van der Waals surface area contributed by atoms with Crippen LogP contribution in [0.3, 0.4) is 0 Å². The van der Waals surface area contributed by atoms with E-state index in [9.17, 15) is 19.8 Å². The van der Waals surface area contributed by atoms with Crippen molar-refractivity contribution in [3.05, 3.63) is 102 Å². The van der Waals surface area contributed by atoms with Crippen molar-refractivity contribution in [1.82, 2.24) is 10.2 Å². The van der Waals surface area contributed by atoms with Crippen LogP contribution in [0.2, 0.25) is 0 Å². The zero-order valence-electron chi connectivity index (χ0n) is 28.5. The van der Waals surface area contributed by atoms with E-state index in [0.717, 1.165) is 50.6 Å². The standard InChI is InChI=1S/C39H48N4O5.Ni/c1-39(2,3)48-38(47)42-34(29-20-11-6-12-21-29)35(37(45)46)41-33(28-18-9-5-10-19-28)30-22-13-14-23-31(30)40-36(44)32-24-15-25-43(32)26-27-16-7-4-8-17-27;/h4-5,7-10,13-14,16-19,22-23,29,32,34-35H,6,11-12,15,20-21,24-26H2,1-3H3,(H,40,44)(H,42,47)(H,45,46);/q;+2/p-2/t32-,34+,35-;/m1./s1. The molecule has 1 aliphatic carbocycles. The molecule has 3 aromatic carbocycles. The van der Waals surface area contributed by atoms with Gasteiger partial charge in [0.15, 0.2) is 0 Å². The van der Waals surface area contributed by atoms with Crippen molar-refractivity contribution >= 4 is 29.4 Å². The van der Waals surface area contributed by atoms with Gasteiger partial charge in [-0.25, -0.2) is 4.79 Å². The Labute approximate surface area is 299 Å². The molecular formula is C39H46N4NiO5. The second-order valence-corrected chi connectivity index (χ2v) is 13.8. The quantitative estimate of drug-likeness (QED) is 0.166. The molecule has 1 N–H and O–H groups in total. The second kappa shape index (κ2) is 17.6. The molecule has 1 heterocycles. The molecule has 49 heavy (non-hydrogen) atoms. The first-order chi connectivity index (χ1) is 23.1. The molecule has 2 aliphatic rings. The monoisotopic (exact) mass is 708 g/mol. The van der Waals surface area contributed by atoms with Crippen molar-refractivity contribution in [1.29, 1.82) is 0 Å². The molecule has 3 atom stereocenters. The van der Waals surface area contributed by atoms with Gasteiger partial charge in [0.05, 0.1) is 23.4 Å². The van der Waals surface area contributed by atoms with Crippen LogP contribution in [-0.4, -0.2) is 58.8 Å². The first-order valence-corrected chi connectivity index (χ1v) is 17.1. The van der Waals surface area contributed by atoms with Gasteiger partial charge in [0.25, 0.3) is 0 Å². The summed E-state index contributed by atoms with van der Waals surface area (Å²) in [6.45, 7) is 6.75. The number of nitrogens with zero attached hydrogens (tertiary/aromatic N) is 3. The number of hydrogen-bond acceptors (Lipinski definition) is 8. The largest absolute Gasteiger partial charge is 2.00 e. The molecule has 1 saturated carbocycles. The maximum absolute atomic E-state index is 13.8. The Morgan fingerprint density at radius 3 is 2.16 bits per heavy atom. The van der Waals surface area contributed by atoms with Gasteiger partial charge in [-0.15, -0.1) is 0 Å².